The van der Waals surface area contributed by atoms with E-state index in [1.807, 2.05) is 0 Å². The summed E-state index contributed by atoms with van der Waals surface area (Å²) in [7, 11) is 0. The van der Waals surface area contributed by atoms with Crippen molar-refractivity contribution in [3.05, 3.63) is 59.1 Å². The molecule has 4 heterocycles. The zero-order valence-electron chi connectivity index (χ0n) is 13.9. The summed E-state index contributed by atoms with van der Waals surface area (Å²) in [6.45, 7) is 1.67. The molecule has 0 bridgehead atoms. The number of fused-ring (bicyclic) bond motifs is 1. The number of carbonyl (C=O) groups excluding carboxylic acids is 1. The van der Waals surface area contributed by atoms with E-state index in [1.165, 1.54) is 40.7 Å². The van der Waals surface area contributed by atoms with E-state index in [0.29, 0.717) is 16.5 Å². The lowest BCUT2D eigenvalue weighted by molar-refractivity contribution is 0.101. The van der Waals surface area contributed by atoms with Gasteiger partial charge in [-0.1, -0.05) is 0 Å². The number of alkyl halides is 2. The fourth-order valence-electron chi connectivity index (χ4n) is 2.64. The number of nitrogens with one attached hydrogen (secondary N) is 1. The highest BCUT2D eigenvalue weighted by molar-refractivity contribution is 7.12. The molecule has 4 aromatic heterocycles. The predicted molar refractivity (Wildman–Crippen MR) is 96.3 cm³/mol. The molecule has 0 spiro atoms. The molecule has 0 saturated carbocycles. The van der Waals surface area contributed by atoms with Crippen LogP contribution in [0.2, 0.25) is 0 Å². The third-order valence-corrected chi connectivity index (χ3v) is 4.67. The van der Waals surface area contributed by atoms with Gasteiger partial charge in [0.15, 0.2) is 16.5 Å². The van der Waals surface area contributed by atoms with Crippen LogP contribution in [-0.2, 0) is 0 Å². The standard InChI is InChI=1S/C17H12F2N6OS/c1-9-11(7-22-14(23-9)17-21-5-6-27-17)16(26)24-25-8-12(13(18)19)10-3-2-4-20-15(10)25/h2-8,13H,1H3,(H,24,26). The average molecular weight is 386 g/mol. The summed E-state index contributed by atoms with van der Waals surface area (Å²) in [5.74, 6) is -0.103. The predicted octanol–water partition coefficient (Wildman–Crippen LogP) is 3.58. The molecule has 136 valence electrons. The Bertz CT molecular complexity index is 1130. The van der Waals surface area contributed by atoms with Gasteiger partial charge >= 0.3 is 0 Å². The molecule has 1 N–H and O–H groups in total. The smallest absolute Gasteiger partial charge is 0.267 e. The monoisotopic (exact) mass is 386 g/mol. The van der Waals surface area contributed by atoms with Gasteiger partial charge in [0.05, 0.1) is 11.3 Å². The van der Waals surface area contributed by atoms with Gasteiger partial charge in [0, 0.05) is 41.1 Å². The van der Waals surface area contributed by atoms with Crippen LogP contribution < -0.4 is 5.43 Å². The van der Waals surface area contributed by atoms with E-state index in [0.717, 1.165) is 0 Å². The lowest BCUT2D eigenvalue weighted by Gasteiger charge is -2.09. The number of halogens is 2. The van der Waals surface area contributed by atoms with Crippen molar-refractivity contribution in [2.45, 2.75) is 13.3 Å². The minimum absolute atomic E-state index is 0.203. The SMILES string of the molecule is Cc1nc(-c2nccs2)ncc1C(=O)Nn1cc(C(F)F)c2cccnc21. The quantitative estimate of drug-likeness (QED) is 0.579. The van der Waals surface area contributed by atoms with Crippen LogP contribution in [0.1, 0.15) is 28.0 Å². The van der Waals surface area contributed by atoms with Gasteiger partial charge < -0.3 is 0 Å². The van der Waals surface area contributed by atoms with Crippen LogP contribution in [0.4, 0.5) is 8.78 Å². The van der Waals surface area contributed by atoms with Crippen LogP contribution in [0.5, 0.6) is 0 Å². The van der Waals surface area contributed by atoms with Crippen molar-refractivity contribution in [2.75, 3.05) is 5.43 Å². The van der Waals surface area contributed by atoms with Gasteiger partial charge in [-0.25, -0.2) is 33.4 Å². The molecule has 0 aliphatic heterocycles. The first-order chi connectivity index (χ1) is 13.0. The van der Waals surface area contributed by atoms with E-state index in [-0.39, 0.29) is 22.2 Å². The number of rotatable bonds is 4. The molecule has 0 aliphatic carbocycles. The van der Waals surface area contributed by atoms with E-state index in [9.17, 15) is 13.6 Å². The Labute approximate surface area is 155 Å². The number of carbonyl (C=O) groups is 1. The number of pyridine rings is 1. The number of hydrogen-bond acceptors (Lipinski definition) is 6. The maximum absolute atomic E-state index is 13.2. The summed E-state index contributed by atoms with van der Waals surface area (Å²) in [5, 5.41) is 2.73. The largest absolute Gasteiger partial charge is 0.273 e. The Balaban J connectivity index is 1.66. The Kier molecular flexibility index (Phi) is 4.32. The second-order valence-corrected chi connectivity index (χ2v) is 6.50. The van der Waals surface area contributed by atoms with Crippen molar-refractivity contribution >= 4 is 28.3 Å². The van der Waals surface area contributed by atoms with Crippen molar-refractivity contribution in [3.8, 4) is 10.8 Å². The summed E-state index contributed by atoms with van der Waals surface area (Å²) in [6, 6.07) is 3.10. The fraction of sp³-hybridized carbons (Fsp3) is 0.118. The van der Waals surface area contributed by atoms with Gasteiger partial charge in [-0.2, -0.15) is 0 Å². The molecule has 0 aliphatic rings. The van der Waals surface area contributed by atoms with E-state index in [2.05, 4.69) is 25.4 Å². The highest BCUT2D eigenvalue weighted by Crippen LogP contribution is 2.28. The average Bonchev–Trinajstić information content (AvgIpc) is 3.30. The van der Waals surface area contributed by atoms with Crippen molar-refractivity contribution in [1.82, 2.24) is 24.6 Å². The van der Waals surface area contributed by atoms with Gasteiger partial charge in [0.25, 0.3) is 12.3 Å². The molecule has 0 unspecified atom stereocenters. The first kappa shape index (κ1) is 17.2. The van der Waals surface area contributed by atoms with E-state index in [1.54, 1.807) is 24.6 Å². The highest BCUT2D eigenvalue weighted by atomic mass is 32.1. The minimum atomic E-state index is -2.68. The highest BCUT2D eigenvalue weighted by Gasteiger charge is 2.19. The van der Waals surface area contributed by atoms with Gasteiger partial charge in [-0.15, -0.1) is 11.3 Å². The topological polar surface area (TPSA) is 85.6 Å². The minimum Gasteiger partial charge on any atom is -0.267 e. The summed E-state index contributed by atoms with van der Waals surface area (Å²) in [5.41, 5.74) is 3.27. The molecular weight excluding hydrogens is 374 g/mol. The number of nitrogens with zero attached hydrogens (tertiary/aromatic N) is 5. The lowest BCUT2D eigenvalue weighted by atomic mass is 10.2. The van der Waals surface area contributed by atoms with Crippen LogP contribution in [0.3, 0.4) is 0 Å². The Hall–Kier alpha value is -3.27. The second-order valence-electron chi connectivity index (χ2n) is 5.60. The summed E-state index contributed by atoms with van der Waals surface area (Å²) < 4.78 is 27.7. The zero-order chi connectivity index (χ0) is 19.0. The van der Waals surface area contributed by atoms with E-state index >= 15 is 0 Å². The molecular formula is C17H12F2N6OS. The summed E-state index contributed by atoms with van der Waals surface area (Å²) >= 11 is 1.39. The van der Waals surface area contributed by atoms with Crippen molar-refractivity contribution in [2.24, 2.45) is 0 Å². The van der Waals surface area contributed by atoms with Gasteiger partial charge in [0.1, 0.15) is 0 Å². The van der Waals surface area contributed by atoms with Crippen LogP contribution in [0.15, 0.2) is 42.3 Å². The number of hydrogen-bond donors (Lipinski definition) is 1. The number of amides is 1. The fourth-order valence-corrected chi connectivity index (χ4v) is 3.22. The molecule has 0 saturated heterocycles. The molecule has 7 nitrogen and oxygen atoms in total. The lowest BCUT2D eigenvalue weighted by Crippen LogP contribution is -2.23. The van der Waals surface area contributed by atoms with Gasteiger partial charge in [-0.3, -0.25) is 10.2 Å². The van der Waals surface area contributed by atoms with Gasteiger partial charge in [-0.05, 0) is 19.1 Å². The van der Waals surface area contributed by atoms with Crippen LogP contribution in [0.25, 0.3) is 21.9 Å². The normalized spacial score (nSPS) is 11.3. The van der Waals surface area contributed by atoms with Crippen molar-refractivity contribution in [3.63, 3.8) is 0 Å². The van der Waals surface area contributed by atoms with Crippen LogP contribution in [0, 0.1) is 6.92 Å². The van der Waals surface area contributed by atoms with Crippen molar-refractivity contribution < 1.29 is 13.6 Å². The number of aromatic nitrogens is 5. The van der Waals surface area contributed by atoms with E-state index in [4.69, 9.17) is 0 Å². The third kappa shape index (κ3) is 3.14. The van der Waals surface area contributed by atoms with E-state index < -0.39 is 12.3 Å². The Morgan fingerprint density at radius 3 is 2.81 bits per heavy atom. The first-order valence-corrected chi connectivity index (χ1v) is 8.71. The Morgan fingerprint density at radius 2 is 2.11 bits per heavy atom. The molecule has 0 atom stereocenters. The zero-order valence-corrected chi connectivity index (χ0v) is 14.7. The molecule has 4 aromatic rings. The summed E-state index contributed by atoms with van der Waals surface area (Å²) in [4.78, 5) is 29.3. The summed E-state index contributed by atoms with van der Waals surface area (Å²) in [6.07, 6.45) is 2.99. The molecule has 10 heteroatoms. The number of thiazole rings is 1. The molecule has 4 rings (SSSR count). The first-order valence-electron chi connectivity index (χ1n) is 7.83. The third-order valence-electron chi connectivity index (χ3n) is 3.90. The molecule has 0 radical (unpaired) electrons. The van der Waals surface area contributed by atoms with Gasteiger partial charge in [0.2, 0.25) is 0 Å². The molecule has 0 aromatic carbocycles. The molecule has 27 heavy (non-hydrogen) atoms. The van der Waals surface area contributed by atoms with Crippen LogP contribution in [-0.4, -0.2) is 30.5 Å². The number of aryl methyl sites for hydroxylation is 1. The van der Waals surface area contributed by atoms with Crippen molar-refractivity contribution in [1.29, 1.82) is 0 Å². The second kappa shape index (κ2) is 6.80. The maximum atomic E-state index is 13.2. The molecule has 0 fully saturated rings. The Morgan fingerprint density at radius 1 is 1.26 bits per heavy atom. The van der Waals surface area contributed by atoms with Crippen LogP contribution >= 0.6 is 11.3 Å². The maximum Gasteiger partial charge on any atom is 0.273 e. The molecule has 1 amide bonds.